The van der Waals surface area contributed by atoms with Gasteiger partial charge in [-0.25, -0.2) is 0 Å². The molecular weight excluding hydrogens is 1480 g/mol. The van der Waals surface area contributed by atoms with Gasteiger partial charge >= 0.3 is 35.8 Å². The first-order valence-corrected chi connectivity index (χ1v) is 48.7. The molecule has 0 spiro atoms. The number of hydrogen-bond acceptors (Lipinski definition) is 18. The average Bonchev–Trinajstić information content (AvgIpc) is 1.53. The quantitative estimate of drug-likeness (QED) is 0.0283. The molecule has 20 bridgehead atoms. The van der Waals surface area contributed by atoms with E-state index in [2.05, 4.69) is 0 Å². The van der Waals surface area contributed by atoms with Crippen molar-refractivity contribution in [3.05, 3.63) is 0 Å². The van der Waals surface area contributed by atoms with E-state index in [1.165, 1.54) is 167 Å². The number of esters is 6. The minimum Gasteiger partial charge on any atom is -0.438 e. The molecule has 20 aliphatic carbocycles. The molecule has 0 saturated heterocycles. The smallest absolute Gasteiger partial charge is 0.313 e. The number of carbonyl (C=O) groups is 6. The summed E-state index contributed by atoms with van der Waals surface area (Å²) in [6, 6.07) is 0. The Morgan fingerprint density at radius 2 is 0.598 bits per heavy atom. The number of ether oxygens (including phenoxy) is 12. The molecule has 0 aliphatic heterocycles. The van der Waals surface area contributed by atoms with Crippen molar-refractivity contribution in [2.75, 3.05) is 27.2 Å². The molecule has 0 aromatic heterocycles. The predicted octanol–water partition coefficient (Wildman–Crippen LogP) is 21.4. The van der Waals surface area contributed by atoms with E-state index in [1.807, 2.05) is 118 Å². The summed E-state index contributed by atoms with van der Waals surface area (Å²) in [4.78, 5) is 70.8. The standard InChI is InChI=1S/C19H30O3.C18H28O3.C17H28O3.C16H26O3.C15H26O3.C14H24O3/c1-4-19(2,3)18(20)22-10-21-15-9-13-8-14(15)17-12-6-5-11(7-12)16(13)17;1-3-10(2)18(19)21-9-20-15-8-13-7-14(15)17-12-5-4-11(6-12)16(13)17;1-4-17(2,3)16(18)20-10-19-15-13-6-11-5-12(8-13)9-14(15)7-11;1-3-10(2)16(17)19-9-18-15-13-5-11-4-12(7-13)8-14(15)6-11;1-5-15(3,4)14(16)18-10(2)17-13-9-11-6-7-12(13)8-11;1-4-9(2)14(15)17-10(3)16-13-8-11-5-6-12(13)7-11/h11-17H,4-10H2,1-3H3;10-17H,3-9H2,1-2H3;11-15H,4-10H2,1-3H3;10-15H,3-9H2,1-2H3;10-13H,5-9H2,1-4H3;9-13H,4-8H2,1-3H3. The van der Waals surface area contributed by atoms with Crippen LogP contribution in [0, 0.1) is 176 Å². The molecule has 0 amide bonds. The van der Waals surface area contributed by atoms with Gasteiger partial charge in [-0.15, -0.1) is 0 Å². The molecule has 0 radical (unpaired) electrons. The second-order valence-electron chi connectivity index (χ2n) is 43.9. The van der Waals surface area contributed by atoms with Crippen LogP contribution in [-0.2, 0) is 85.6 Å². The van der Waals surface area contributed by atoms with Gasteiger partial charge in [-0.2, -0.15) is 0 Å². The predicted molar refractivity (Wildman–Crippen MR) is 448 cm³/mol. The SMILES string of the molecule is CCC(C)(C)C(=O)OC(C)OC1CC2CCC1C2.CCC(C)(C)C(=O)OCOC1C2CC3CC(C2)CC1C3.CCC(C)(C)C(=O)OCOC1CC2CC1C1C3CCC(C3)C21.CCC(C)C(=O)OC(C)OC1CC2CCC1C2.CCC(C)C(=O)OCOC1C2CC3CC(C2)CC1C3.CCC(C)C(=O)OCOC1CC2CC1C1C3CCC(C3)C21. The molecule has 20 fully saturated rings. The zero-order valence-electron chi connectivity index (χ0n) is 75.9. The Bertz CT molecular complexity index is 3200. The van der Waals surface area contributed by atoms with Crippen molar-refractivity contribution in [3.63, 3.8) is 0 Å². The lowest BCUT2D eigenvalue weighted by molar-refractivity contribution is -0.198. The minimum absolute atomic E-state index is 0.0106. The highest BCUT2D eigenvalue weighted by Crippen LogP contribution is 2.70. The Morgan fingerprint density at radius 1 is 0.282 bits per heavy atom. The van der Waals surface area contributed by atoms with E-state index < -0.39 is 22.5 Å². The first-order valence-electron chi connectivity index (χ1n) is 48.7. The number of rotatable bonds is 30. The van der Waals surface area contributed by atoms with Gasteiger partial charge < -0.3 is 56.8 Å². The van der Waals surface area contributed by atoms with E-state index in [1.54, 1.807) is 0 Å². The van der Waals surface area contributed by atoms with Crippen molar-refractivity contribution in [2.45, 2.75) is 385 Å². The van der Waals surface area contributed by atoms with Crippen molar-refractivity contribution in [1.82, 2.24) is 0 Å². The van der Waals surface area contributed by atoms with Gasteiger partial charge in [-0.1, -0.05) is 62.3 Å². The summed E-state index contributed by atoms with van der Waals surface area (Å²) in [5.41, 5.74) is -1.20. The summed E-state index contributed by atoms with van der Waals surface area (Å²) in [5, 5.41) is 0. The second-order valence-corrected chi connectivity index (χ2v) is 43.9. The summed E-state index contributed by atoms with van der Waals surface area (Å²) < 4.78 is 67.7. The molecule has 117 heavy (non-hydrogen) atoms. The van der Waals surface area contributed by atoms with Crippen LogP contribution in [0.5, 0.6) is 0 Å². The lowest BCUT2D eigenvalue weighted by Crippen LogP contribution is -2.49. The average molecular weight is 1640 g/mol. The first kappa shape index (κ1) is 91.3. The van der Waals surface area contributed by atoms with E-state index in [-0.39, 0.29) is 87.0 Å². The van der Waals surface area contributed by atoms with Crippen molar-refractivity contribution in [2.24, 2.45) is 176 Å². The third kappa shape index (κ3) is 21.4. The van der Waals surface area contributed by atoms with E-state index in [4.69, 9.17) is 56.8 Å². The topological polar surface area (TPSA) is 213 Å². The summed E-state index contributed by atoms with van der Waals surface area (Å²) in [6.07, 6.45) is 44.1. The van der Waals surface area contributed by atoms with Crippen molar-refractivity contribution in [1.29, 1.82) is 0 Å². The molecule has 18 heteroatoms. The van der Waals surface area contributed by atoms with Crippen LogP contribution >= 0.6 is 0 Å². The van der Waals surface area contributed by atoms with Gasteiger partial charge in [0.25, 0.3) is 0 Å². The van der Waals surface area contributed by atoms with E-state index in [0.29, 0.717) is 48.5 Å². The molecule has 20 rings (SSSR count). The number of carbonyl (C=O) groups excluding carboxylic acids is 6. The summed E-state index contributed by atoms with van der Waals surface area (Å²) in [5.74, 6) is 20.4. The molecule has 20 saturated carbocycles. The van der Waals surface area contributed by atoms with Crippen LogP contribution in [-0.4, -0.2) is 112 Å². The molecule has 0 heterocycles. The maximum absolute atomic E-state index is 12.0. The fourth-order valence-electron chi connectivity index (χ4n) is 27.8. The maximum Gasteiger partial charge on any atom is 0.313 e. The van der Waals surface area contributed by atoms with Gasteiger partial charge in [0.05, 0.1) is 70.6 Å². The van der Waals surface area contributed by atoms with E-state index in [0.717, 1.165) is 182 Å². The molecule has 0 aromatic carbocycles. The molecule has 25 unspecified atom stereocenters. The van der Waals surface area contributed by atoms with Crippen LogP contribution in [0.15, 0.2) is 0 Å². The van der Waals surface area contributed by atoms with Gasteiger partial charge in [0, 0.05) is 0 Å². The minimum atomic E-state index is -0.410. The fraction of sp³-hybridized carbons (Fsp3) is 0.939. The van der Waals surface area contributed by atoms with Crippen LogP contribution in [0.4, 0.5) is 0 Å². The summed E-state index contributed by atoms with van der Waals surface area (Å²) >= 11 is 0. The van der Waals surface area contributed by atoms with Crippen LogP contribution in [0.25, 0.3) is 0 Å². The molecule has 0 N–H and O–H groups in total. The van der Waals surface area contributed by atoms with Crippen LogP contribution in [0.2, 0.25) is 0 Å². The Kier molecular flexibility index (Phi) is 31.1. The molecule has 25 atom stereocenters. The van der Waals surface area contributed by atoms with Gasteiger partial charge in [0.1, 0.15) is 0 Å². The van der Waals surface area contributed by atoms with E-state index >= 15 is 0 Å². The van der Waals surface area contributed by atoms with Crippen LogP contribution < -0.4 is 0 Å². The normalized spacial score (nSPS) is 40.5. The maximum atomic E-state index is 12.0. The summed E-state index contributed by atoms with van der Waals surface area (Å²) in [7, 11) is 0. The first-order chi connectivity index (χ1) is 55.9. The highest BCUT2D eigenvalue weighted by atomic mass is 16.7. The fourth-order valence-corrected chi connectivity index (χ4v) is 27.8. The second kappa shape index (κ2) is 39.8. The van der Waals surface area contributed by atoms with Gasteiger partial charge in [0.15, 0.2) is 39.8 Å². The largest absolute Gasteiger partial charge is 0.438 e. The zero-order chi connectivity index (χ0) is 83.5. The Morgan fingerprint density at radius 3 is 0.949 bits per heavy atom. The highest BCUT2D eigenvalue weighted by molar-refractivity contribution is 5.77. The van der Waals surface area contributed by atoms with Gasteiger partial charge in [-0.3, -0.25) is 28.8 Å². The third-order valence-electron chi connectivity index (χ3n) is 35.5. The Balaban J connectivity index is 0.000000122. The number of fused-ring (bicyclic) bond motifs is 22. The monoisotopic (exact) mass is 1640 g/mol. The van der Waals surface area contributed by atoms with E-state index in [9.17, 15) is 28.8 Å². The van der Waals surface area contributed by atoms with Gasteiger partial charge in [0.2, 0.25) is 0 Å². The molecule has 666 valence electrons. The van der Waals surface area contributed by atoms with Crippen LogP contribution in [0.1, 0.15) is 336 Å². The lowest BCUT2D eigenvalue weighted by atomic mass is 9.55. The Hall–Kier alpha value is -3.42. The third-order valence-corrected chi connectivity index (χ3v) is 35.5. The number of hydrogen-bond donors (Lipinski definition) is 0. The van der Waals surface area contributed by atoms with Crippen molar-refractivity contribution >= 4 is 35.8 Å². The molecule has 20 aliphatic rings. The molecular formula is C99H162O18. The molecule has 18 nitrogen and oxygen atoms in total. The van der Waals surface area contributed by atoms with Crippen molar-refractivity contribution < 1.29 is 85.6 Å². The Labute approximate surface area is 706 Å². The summed E-state index contributed by atoms with van der Waals surface area (Å²) in [6.45, 7) is 33.6. The van der Waals surface area contributed by atoms with Crippen molar-refractivity contribution in [3.8, 4) is 0 Å². The highest BCUT2D eigenvalue weighted by Gasteiger charge is 2.64. The lowest BCUT2D eigenvalue weighted by Gasteiger charge is -2.53. The zero-order valence-corrected chi connectivity index (χ0v) is 75.9. The molecule has 0 aromatic rings. The van der Waals surface area contributed by atoms with Crippen LogP contribution in [0.3, 0.4) is 0 Å². The van der Waals surface area contributed by atoms with Gasteiger partial charge in [-0.05, 0) is 416 Å².